The fourth-order valence-electron chi connectivity index (χ4n) is 3.38. The van der Waals surface area contributed by atoms with Crippen LogP contribution in [-0.2, 0) is 20.8 Å². The van der Waals surface area contributed by atoms with E-state index >= 15 is 0 Å². The van der Waals surface area contributed by atoms with Gasteiger partial charge in [-0.1, -0.05) is 6.92 Å². The second-order valence-electron chi connectivity index (χ2n) is 7.45. The minimum atomic E-state index is -1.32. The van der Waals surface area contributed by atoms with Crippen LogP contribution >= 0.6 is 12.6 Å². The number of amides is 2. The molecule has 0 aliphatic carbocycles. The van der Waals surface area contributed by atoms with Gasteiger partial charge in [0, 0.05) is 49.2 Å². The van der Waals surface area contributed by atoms with E-state index in [2.05, 4.69) is 17.9 Å². The number of hydrogen-bond acceptors (Lipinski definition) is 5. The predicted octanol–water partition coefficient (Wildman–Crippen LogP) is 1.10. The molecular weight excluding hydrogens is 423 g/mol. The van der Waals surface area contributed by atoms with Crippen molar-refractivity contribution < 1.29 is 32.7 Å². The first-order valence-electron chi connectivity index (χ1n) is 9.36. The molecule has 1 aliphatic heterocycles. The number of carbonyl (C=O) groups is 3. The van der Waals surface area contributed by atoms with Crippen molar-refractivity contribution in [3.8, 4) is 0 Å². The number of carboxylic acids is 1. The molecular formula is C19H24F3N3O4S. The minimum Gasteiger partial charge on any atom is -0.480 e. The number of carboxylic acid groups (broad SMARTS) is 1. The van der Waals surface area contributed by atoms with Crippen LogP contribution in [0.15, 0.2) is 12.1 Å². The maximum Gasteiger partial charge on any atom is 0.326 e. The molecule has 2 amide bonds. The van der Waals surface area contributed by atoms with Crippen molar-refractivity contribution in [3.63, 3.8) is 0 Å². The molecule has 4 N–H and O–H groups in total. The number of nitrogens with two attached hydrogens (primary N) is 1. The van der Waals surface area contributed by atoms with E-state index in [1.165, 1.54) is 4.90 Å². The third kappa shape index (κ3) is 5.88. The lowest BCUT2D eigenvalue weighted by Gasteiger charge is -2.24. The van der Waals surface area contributed by atoms with Gasteiger partial charge in [-0.15, -0.1) is 0 Å². The minimum absolute atomic E-state index is 0.0344. The third-order valence-corrected chi connectivity index (χ3v) is 5.50. The highest BCUT2D eigenvalue weighted by Crippen LogP contribution is 2.22. The quantitative estimate of drug-likeness (QED) is 0.352. The first-order valence-corrected chi connectivity index (χ1v) is 9.99. The number of nitrogens with zero attached hydrogens (tertiary/aromatic N) is 1. The summed E-state index contributed by atoms with van der Waals surface area (Å²) in [4.78, 5) is 37.3. The molecule has 1 saturated heterocycles. The summed E-state index contributed by atoms with van der Waals surface area (Å²) in [5.41, 5.74) is 5.68. The first kappa shape index (κ1) is 24.0. The number of likely N-dealkylation sites (tertiary alicyclic amines) is 1. The second-order valence-corrected chi connectivity index (χ2v) is 7.82. The summed E-state index contributed by atoms with van der Waals surface area (Å²) in [5.74, 6) is -5.75. The van der Waals surface area contributed by atoms with E-state index in [0.717, 1.165) is 0 Å². The second kappa shape index (κ2) is 10.2. The van der Waals surface area contributed by atoms with Gasteiger partial charge in [0.25, 0.3) is 0 Å². The topological polar surface area (TPSA) is 113 Å². The van der Waals surface area contributed by atoms with Crippen molar-refractivity contribution in [1.29, 1.82) is 0 Å². The zero-order valence-corrected chi connectivity index (χ0v) is 17.2. The first-order chi connectivity index (χ1) is 14.0. The Labute approximate surface area is 177 Å². The Morgan fingerprint density at radius 1 is 1.27 bits per heavy atom. The molecule has 1 aliphatic rings. The summed E-state index contributed by atoms with van der Waals surface area (Å²) in [6.45, 7) is 1.67. The van der Waals surface area contributed by atoms with Crippen LogP contribution in [0.25, 0.3) is 0 Å². The summed E-state index contributed by atoms with van der Waals surface area (Å²) in [5, 5.41) is 12.0. The van der Waals surface area contributed by atoms with Crippen LogP contribution in [-0.4, -0.2) is 58.2 Å². The molecule has 0 radical (unpaired) electrons. The Bertz CT molecular complexity index is 826. The molecule has 2 rings (SSSR count). The fourth-order valence-corrected chi connectivity index (χ4v) is 3.54. The summed E-state index contributed by atoms with van der Waals surface area (Å²) < 4.78 is 40.0. The standard InChI is InChI=1S/C19H24F3N3O4S/c1-9(8-30)18(27)25-7-12(5-16(25)19(28)29)24-17(26)4-11(23)2-10-3-14(21)15(22)6-13(10)20/h3,6,9,11-12,16,30H,2,4-5,7-8,23H2,1H3,(H,24,26)(H,28,29)/t9-,11-,12+,16+/m1/s1. The number of hydrogen-bond donors (Lipinski definition) is 4. The van der Waals surface area contributed by atoms with Crippen molar-refractivity contribution in [2.45, 2.75) is 44.3 Å². The maximum atomic E-state index is 13.7. The SMILES string of the molecule is C[C@H](CS)C(=O)N1C[C@@H](NC(=O)C[C@H](N)Cc2cc(F)c(F)cc2F)C[C@H]1C(=O)O. The van der Waals surface area contributed by atoms with Crippen molar-refractivity contribution >= 4 is 30.4 Å². The van der Waals surface area contributed by atoms with Gasteiger partial charge in [0.1, 0.15) is 11.9 Å². The molecule has 0 spiro atoms. The van der Waals surface area contributed by atoms with Crippen molar-refractivity contribution in [2.24, 2.45) is 11.7 Å². The zero-order chi connectivity index (χ0) is 22.6. The largest absolute Gasteiger partial charge is 0.480 e. The molecule has 0 bridgehead atoms. The number of aliphatic carboxylic acids is 1. The van der Waals surface area contributed by atoms with E-state index in [0.29, 0.717) is 12.1 Å². The van der Waals surface area contributed by atoms with Gasteiger partial charge in [-0.25, -0.2) is 18.0 Å². The Morgan fingerprint density at radius 2 is 1.90 bits per heavy atom. The molecule has 1 heterocycles. The van der Waals surface area contributed by atoms with E-state index in [1.807, 2.05) is 0 Å². The van der Waals surface area contributed by atoms with E-state index in [9.17, 15) is 32.7 Å². The molecule has 1 aromatic carbocycles. The molecule has 7 nitrogen and oxygen atoms in total. The number of thiol groups is 1. The lowest BCUT2D eigenvalue weighted by Crippen LogP contribution is -2.44. The zero-order valence-electron chi connectivity index (χ0n) is 16.3. The van der Waals surface area contributed by atoms with E-state index in [1.54, 1.807) is 6.92 Å². The molecule has 0 unspecified atom stereocenters. The van der Waals surface area contributed by atoms with Crippen LogP contribution in [0.3, 0.4) is 0 Å². The molecule has 4 atom stereocenters. The Morgan fingerprint density at radius 3 is 2.50 bits per heavy atom. The van der Waals surface area contributed by atoms with E-state index in [4.69, 9.17) is 5.73 Å². The molecule has 11 heteroatoms. The van der Waals surface area contributed by atoms with Gasteiger partial charge < -0.3 is 21.1 Å². The number of carbonyl (C=O) groups excluding carboxylic acids is 2. The fraction of sp³-hybridized carbons (Fsp3) is 0.526. The summed E-state index contributed by atoms with van der Waals surface area (Å²) in [6, 6.07) is -1.40. The summed E-state index contributed by atoms with van der Waals surface area (Å²) in [6.07, 6.45) is -0.393. The van der Waals surface area contributed by atoms with Gasteiger partial charge in [0.05, 0.1) is 0 Å². The normalized spacial score (nSPS) is 20.7. The maximum absolute atomic E-state index is 13.7. The van der Waals surface area contributed by atoms with Crippen molar-refractivity contribution in [2.75, 3.05) is 12.3 Å². The van der Waals surface area contributed by atoms with Gasteiger partial charge in [-0.05, 0) is 18.1 Å². The van der Waals surface area contributed by atoms with E-state index < -0.39 is 53.4 Å². The average Bonchev–Trinajstić information content (AvgIpc) is 3.08. The van der Waals surface area contributed by atoms with Crippen LogP contribution < -0.4 is 11.1 Å². The smallest absolute Gasteiger partial charge is 0.326 e. The monoisotopic (exact) mass is 447 g/mol. The van der Waals surface area contributed by atoms with Crippen LogP contribution in [0.4, 0.5) is 13.2 Å². The predicted molar refractivity (Wildman–Crippen MR) is 105 cm³/mol. The van der Waals surface area contributed by atoms with Crippen molar-refractivity contribution in [3.05, 3.63) is 35.1 Å². The average molecular weight is 447 g/mol. The third-order valence-electron chi connectivity index (χ3n) is 4.95. The number of nitrogens with one attached hydrogen (secondary N) is 1. The summed E-state index contributed by atoms with van der Waals surface area (Å²) >= 11 is 4.05. The van der Waals surface area contributed by atoms with Crippen LogP contribution in [0.5, 0.6) is 0 Å². The Hall–Kier alpha value is -2.27. The van der Waals surface area contributed by atoms with Crippen LogP contribution in [0.2, 0.25) is 0 Å². The lowest BCUT2D eigenvalue weighted by molar-refractivity contribution is -0.149. The van der Waals surface area contributed by atoms with Gasteiger partial charge in [0.2, 0.25) is 11.8 Å². The molecule has 0 aromatic heterocycles. The van der Waals surface area contributed by atoms with Gasteiger partial charge in [0.15, 0.2) is 11.6 Å². The van der Waals surface area contributed by atoms with Crippen molar-refractivity contribution in [1.82, 2.24) is 10.2 Å². The number of halogens is 3. The highest BCUT2D eigenvalue weighted by molar-refractivity contribution is 7.80. The molecule has 1 fully saturated rings. The van der Waals surface area contributed by atoms with E-state index in [-0.39, 0.29) is 43.0 Å². The molecule has 166 valence electrons. The highest BCUT2D eigenvalue weighted by atomic mass is 32.1. The number of benzene rings is 1. The summed E-state index contributed by atoms with van der Waals surface area (Å²) in [7, 11) is 0. The van der Waals surface area contributed by atoms with Crippen LogP contribution in [0.1, 0.15) is 25.3 Å². The Balaban J connectivity index is 1.95. The number of rotatable bonds is 8. The lowest BCUT2D eigenvalue weighted by atomic mass is 10.0. The molecule has 0 saturated carbocycles. The van der Waals surface area contributed by atoms with Crippen LogP contribution in [0, 0.1) is 23.4 Å². The van der Waals surface area contributed by atoms with Gasteiger partial charge >= 0.3 is 5.97 Å². The molecule has 1 aromatic rings. The molecule has 30 heavy (non-hydrogen) atoms. The highest BCUT2D eigenvalue weighted by Gasteiger charge is 2.41. The van der Waals surface area contributed by atoms with Gasteiger partial charge in [-0.3, -0.25) is 9.59 Å². The Kier molecular flexibility index (Phi) is 8.13. The van der Waals surface area contributed by atoms with Gasteiger partial charge in [-0.2, -0.15) is 12.6 Å².